The average molecular weight is 290 g/mol. The Bertz CT molecular complexity index is 502. The SMILES string of the molecule is CCCN1CCN(C(=O)c2n[nH]c3c2C[C@@H](C)CC3)CC1. The second kappa shape index (κ2) is 6.18. The van der Waals surface area contributed by atoms with Gasteiger partial charge in [0.15, 0.2) is 5.69 Å². The minimum Gasteiger partial charge on any atom is -0.335 e. The monoisotopic (exact) mass is 290 g/mol. The number of H-pyrrole nitrogens is 1. The van der Waals surface area contributed by atoms with Gasteiger partial charge in [-0.3, -0.25) is 14.8 Å². The lowest BCUT2D eigenvalue weighted by Crippen LogP contribution is -2.49. The number of amides is 1. The van der Waals surface area contributed by atoms with Gasteiger partial charge >= 0.3 is 0 Å². The molecule has 116 valence electrons. The summed E-state index contributed by atoms with van der Waals surface area (Å²) in [7, 11) is 0. The predicted octanol–water partition coefficient (Wildman–Crippen LogP) is 1.70. The van der Waals surface area contributed by atoms with Crippen LogP contribution in [0.5, 0.6) is 0 Å². The molecule has 5 heteroatoms. The number of hydrogen-bond donors (Lipinski definition) is 1. The minimum absolute atomic E-state index is 0.123. The van der Waals surface area contributed by atoms with Crippen molar-refractivity contribution in [2.24, 2.45) is 5.92 Å². The molecule has 1 aliphatic carbocycles. The van der Waals surface area contributed by atoms with Gasteiger partial charge in [0, 0.05) is 37.4 Å². The van der Waals surface area contributed by atoms with Crippen molar-refractivity contribution in [3.63, 3.8) is 0 Å². The largest absolute Gasteiger partial charge is 0.335 e. The second-order valence-corrected chi connectivity index (χ2v) is 6.51. The molecule has 0 saturated carbocycles. The fourth-order valence-electron chi connectivity index (χ4n) is 3.49. The third kappa shape index (κ3) is 2.98. The summed E-state index contributed by atoms with van der Waals surface area (Å²) in [6, 6.07) is 0. The number of fused-ring (bicyclic) bond motifs is 1. The molecule has 3 rings (SSSR count). The molecule has 5 nitrogen and oxygen atoms in total. The number of piperazine rings is 1. The van der Waals surface area contributed by atoms with Crippen molar-refractivity contribution in [1.82, 2.24) is 20.0 Å². The van der Waals surface area contributed by atoms with Crippen LogP contribution >= 0.6 is 0 Å². The first-order valence-corrected chi connectivity index (χ1v) is 8.26. The van der Waals surface area contributed by atoms with Gasteiger partial charge in [0.1, 0.15) is 0 Å². The Hall–Kier alpha value is -1.36. The lowest BCUT2D eigenvalue weighted by Gasteiger charge is -2.34. The van der Waals surface area contributed by atoms with Crippen LogP contribution in [0.25, 0.3) is 0 Å². The maximum atomic E-state index is 12.7. The molecule has 0 aromatic carbocycles. The van der Waals surface area contributed by atoms with Gasteiger partial charge < -0.3 is 4.90 Å². The van der Waals surface area contributed by atoms with Gasteiger partial charge in [-0.25, -0.2) is 0 Å². The molecule has 0 spiro atoms. The third-order valence-electron chi connectivity index (χ3n) is 4.79. The van der Waals surface area contributed by atoms with Crippen LogP contribution < -0.4 is 0 Å². The number of aromatic nitrogens is 2. The number of aromatic amines is 1. The van der Waals surface area contributed by atoms with Crippen molar-refractivity contribution in [3.8, 4) is 0 Å². The fourth-order valence-corrected chi connectivity index (χ4v) is 3.49. The highest BCUT2D eigenvalue weighted by Crippen LogP contribution is 2.27. The summed E-state index contributed by atoms with van der Waals surface area (Å²) >= 11 is 0. The molecule has 1 atom stereocenters. The van der Waals surface area contributed by atoms with E-state index in [1.807, 2.05) is 4.90 Å². The smallest absolute Gasteiger partial charge is 0.274 e. The zero-order valence-electron chi connectivity index (χ0n) is 13.2. The van der Waals surface area contributed by atoms with Crippen molar-refractivity contribution in [3.05, 3.63) is 17.0 Å². The molecule has 1 aliphatic heterocycles. The molecule has 2 aliphatic rings. The number of hydrogen-bond acceptors (Lipinski definition) is 3. The van der Waals surface area contributed by atoms with Crippen LogP contribution in [0.4, 0.5) is 0 Å². The zero-order chi connectivity index (χ0) is 14.8. The molecule has 1 N–H and O–H groups in total. The summed E-state index contributed by atoms with van der Waals surface area (Å²) in [6.45, 7) is 9.23. The molecule has 1 aromatic heterocycles. The highest BCUT2D eigenvalue weighted by molar-refractivity contribution is 5.94. The number of rotatable bonds is 3. The van der Waals surface area contributed by atoms with Gasteiger partial charge in [-0.2, -0.15) is 5.10 Å². The maximum Gasteiger partial charge on any atom is 0.274 e. The molecule has 1 amide bonds. The Morgan fingerprint density at radius 3 is 2.81 bits per heavy atom. The van der Waals surface area contributed by atoms with E-state index in [0.29, 0.717) is 11.6 Å². The van der Waals surface area contributed by atoms with E-state index in [-0.39, 0.29) is 5.91 Å². The lowest BCUT2D eigenvalue weighted by molar-refractivity contribution is 0.0630. The number of carbonyl (C=O) groups excluding carboxylic acids is 1. The van der Waals surface area contributed by atoms with E-state index in [9.17, 15) is 4.79 Å². The molecular formula is C16H26N4O. The van der Waals surface area contributed by atoms with E-state index in [2.05, 4.69) is 28.9 Å². The van der Waals surface area contributed by atoms with Crippen LogP contribution in [0.1, 0.15) is 48.4 Å². The van der Waals surface area contributed by atoms with Crippen molar-refractivity contribution >= 4 is 5.91 Å². The van der Waals surface area contributed by atoms with E-state index >= 15 is 0 Å². The molecule has 1 saturated heterocycles. The first kappa shape index (κ1) is 14.6. The predicted molar refractivity (Wildman–Crippen MR) is 82.4 cm³/mol. The summed E-state index contributed by atoms with van der Waals surface area (Å²) in [5, 5.41) is 7.42. The van der Waals surface area contributed by atoms with E-state index in [1.165, 1.54) is 24.1 Å². The van der Waals surface area contributed by atoms with Gasteiger partial charge in [-0.1, -0.05) is 13.8 Å². The molecule has 1 aromatic rings. The van der Waals surface area contributed by atoms with Crippen LogP contribution in [0.15, 0.2) is 0 Å². The Morgan fingerprint density at radius 2 is 2.10 bits per heavy atom. The van der Waals surface area contributed by atoms with Crippen LogP contribution in [0.2, 0.25) is 0 Å². The van der Waals surface area contributed by atoms with Gasteiger partial charge in [0.05, 0.1) is 0 Å². The lowest BCUT2D eigenvalue weighted by atomic mass is 9.87. The van der Waals surface area contributed by atoms with Gasteiger partial charge in [-0.05, 0) is 38.1 Å². The zero-order valence-corrected chi connectivity index (χ0v) is 13.2. The van der Waals surface area contributed by atoms with Gasteiger partial charge in [0.2, 0.25) is 0 Å². The Balaban J connectivity index is 1.68. The molecular weight excluding hydrogens is 264 g/mol. The normalized spacial score (nSPS) is 23.1. The maximum absolute atomic E-state index is 12.7. The summed E-state index contributed by atoms with van der Waals surface area (Å²) < 4.78 is 0. The molecule has 2 heterocycles. The van der Waals surface area contributed by atoms with Gasteiger partial charge in [0.25, 0.3) is 5.91 Å². The quantitative estimate of drug-likeness (QED) is 0.922. The standard InChI is InChI=1S/C16H26N4O/c1-3-6-19-7-9-20(10-8-19)16(21)15-13-11-12(2)4-5-14(13)17-18-15/h12H,3-11H2,1-2H3,(H,17,18)/t12-/m0/s1. The fraction of sp³-hybridized carbons (Fsp3) is 0.750. The summed E-state index contributed by atoms with van der Waals surface area (Å²) in [5.74, 6) is 0.779. The Kier molecular flexibility index (Phi) is 4.29. The number of aryl methyl sites for hydroxylation is 1. The van der Waals surface area contributed by atoms with E-state index < -0.39 is 0 Å². The van der Waals surface area contributed by atoms with Crippen molar-refractivity contribution in [2.45, 2.75) is 39.5 Å². The highest BCUT2D eigenvalue weighted by Gasteiger charge is 2.29. The van der Waals surface area contributed by atoms with Crippen molar-refractivity contribution in [2.75, 3.05) is 32.7 Å². The summed E-state index contributed by atoms with van der Waals surface area (Å²) in [5.41, 5.74) is 3.04. The molecule has 0 radical (unpaired) electrons. The summed E-state index contributed by atoms with van der Waals surface area (Å²) in [4.78, 5) is 17.1. The Morgan fingerprint density at radius 1 is 1.33 bits per heavy atom. The first-order chi connectivity index (χ1) is 10.2. The second-order valence-electron chi connectivity index (χ2n) is 6.51. The Labute approximate surface area is 126 Å². The highest BCUT2D eigenvalue weighted by atomic mass is 16.2. The van der Waals surface area contributed by atoms with Crippen LogP contribution in [-0.2, 0) is 12.8 Å². The topological polar surface area (TPSA) is 52.2 Å². The summed E-state index contributed by atoms with van der Waals surface area (Å²) in [6.07, 6.45) is 4.39. The van der Waals surface area contributed by atoms with Crippen molar-refractivity contribution in [1.29, 1.82) is 0 Å². The van der Waals surface area contributed by atoms with Crippen LogP contribution in [-0.4, -0.2) is 58.6 Å². The number of nitrogens with one attached hydrogen (secondary N) is 1. The van der Waals surface area contributed by atoms with Crippen LogP contribution in [0, 0.1) is 5.92 Å². The molecule has 1 fully saturated rings. The number of carbonyl (C=O) groups is 1. The van der Waals surface area contributed by atoms with E-state index in [0.717, 1.165) is 45.6 Å². The minimum atomic E-state index is 0.123. The average Bonchev–Trinajstić information content (AvgIpc) is 2.90. The first-order valence-electron chi connectivity index (χ1n) is 8.26. The molecule has 0 unspecified atom stereocenters. The van der Waals surface area contributed by atoms with Gasteiger partial charge in [-0.15, -0.1) is 0 Å². The van der Waals surface area contributed by atoms with Crippen molar-refractivity contribution < 1.29 is 4.79 Å². The third-order valence-corrected chi connectivity index (χ3v) is 4.79. The van der Waals surface area contributed by atoms with Crippen LogP contribution in [0.3, 0.4) is 0 Å². The molecule has 0 bridgehead atoms. The van der Waals surface area contributed by atoms with E-state index in [4.69, 9.17) is 0 Å². The molecule has 21 heavy (non-hydrogen) atoms. The van der Waals surface area contributed by atoms with E-state index in [1.54, 1.807) is 0 Å². The number of nitrogens with zero attached hydrogens (tertiary/aromatic N) is 3.